The molecule has 0 N–H and O–H groups in total. The van der Waals surface area contributed by atoms with Gasteiger partial charge in [-0.1, -0.05) is 37.3 Å². The molecule has 0 aliphatic carbocycles. The highest BCUT2D eigenvalue weighted by Gasteiger charge is 2.09. The van der Waals surface area contributed by atoms with Crippen LogP contribution in [0.4, 0.5) is 0 Å². The van der Waals surface area contributed by atoms with Crippen molar-refractivity contribution in [1.29, 1.82) is 0 Å². The number of carbonyl (C=O) groups is 1. The summed E-state index contributed by atoms with van der Waals surface area (Å²) in [5.41, 5.74) is 1.31. The maximum absolute atomic E-state index is 10.8. The zero-order valence-corrected chi connectivity index (χ0v) is 10.6. The number of ether oxygens (including phenoxy) is 1. The summed E-state index contributed by atoms with van der Waals surface area (Å²) >= 11 is 1.80. The van der Waals surface area contributed by atoms with Crippen LogP contribution in [0.15, 0.2) is 30.3 Å². The van der Waals surface area contributed by atoms with Crippen molar-refractivity contribution < 1.29 is 9.53 Å². The highest BCUT2D eigenvalue weighted by atomic mass is 32.2. The SMILES string of the molecule is CCC(CSCc1ccccc1)OC(C)=O. The Bertz CT molecular complexity index is 311. The minimum Gasteiger partial charge on any atom is -0.462 e. The number of thioether (sulfide) groups is 1. The van der Waals surface area contributed by atoms with Crippen LogP contribution in [-0.2, 0) is 15.3 Å². The molecule has 3 heteroatoms. The quantitative estimate of drug-likeness (QED) is 0.712. The minimum atomic E-state index is -0.188. The molecule has 2 nitrogen and oxygen atoms in total. The second-order valence-electron chi connectivity index (χ2n) is 3.64. The van der Waals surface area contributed by atoms with Crippen molar-refractivity contribution in [2.75, 3.05) is 5.75 Å². The Labute approximate surface area is 101 Å². The summed E-state index contributed by atoms with van der Waals surface area (Å²) in [6.45, 7) is 3.50. The number of hydrogen-bond acceptors (Lipinski definition) is 3. The van der Waals surface area contributed by atoms with E-state index in [1.807, 2.05) is 25.1 Å². The lowest BCUT2D eigenvalue weighted by Gasteiger charge is -2.14. The molecule has 88 valence electrons. The van der Waals surface area contributed by atoms with E-state index in [9.17, 15) is 4.79 Å². The number of esters is 1. The molecule has 0 bridgehead atoms. The summed E-state index contributed by atoms with van der Waals surface area (Å²) in [4.78, 5) is 10.8. The monoisotopic (exact) mass is 238 g/mol. The lowest BCUT2D eigenvalue weighted by atomic mass is 10.2. The molecule has 1 unspecified atom stereocenters. The van der Waals surface area contributed by atoms with Gasteiger partial charge in [0.15, 0.2) is 0 Å². The molecule has 0 aliphatic heterocycles. The van der Waals surface area contributed by atoms with Crippen LogP contribution >= 0.6 is 11.8 Å². The lowest BCUT2D eigenvalue weighted by Crippen LogP contribution is -2.17. The minimum absolute atomic E-state index is 0.0474. The van der Waals surface area contributed by atoms with Crippen molar-refractivity contribution in [2.24, 2.45) is 0 Å². The molecule has 0 aliphatic rings. The summed E-state index contributed by atoms with van der Waals surface area (Å²) in [6, 6.07) is 10.3. The fraction of sp³-hybridized carbons (Fsp3) is 0.462. The van der Waals surface area contributed by atoms with Gasteiger partial charge in [-0.3, -0.25) is 4.79 Å². The van der Waals surface area contributed by atoms with E-state index in [-0.39, 0.29) is 12.1 Å². The zero-order valence-electron chi connectivity index (χ0n) is 9.81. The Morgan fingerprint density at radius 3 is 2.62 bits per heavy atom. The smallest absolute Gasteiger partial charge is 0.302 e. The van der Waals surface area contributed by atoms with Crippen LogP contribution in [0.3, 0.4) is 0 Å². The van der Waals surface area contributed by atoms with Gasteiger partial charge >= 0.3 is 5.97 Å². The van der Waals surface area contributed by atoms with Gasteiger partial charge in [-0.2, -0.15) is 11.8 Å². The molecule has 1 rings (SSSR count). The van der Waals surface area contributed by atoms with Gasteiger partial charge in [-0.15, -0.1) is 0 Å². The van der Waals surface area contributed by atoms with Gasteiger partial charge in [0.2, 0.25) is 0 Å². The molecular formula is C13H18O2S. The topological polar surface area (TPSA) is 26.3 Å². The van der Waals surface area contributed by atoms with Crippen molar-refractivity contribution in [2.45, 2.75) is 32.1 Å². The fourth-order valence-electron chi connectivity index (χ4n) is 1.35. The number of hydrogen-bond donors (Lipinski definition) is 0. The molecule has 0 saturated heterocycles. The Hall–Kier alpha value is -0.960. The third-order valence-electron chi connectivity index (χ3n) is 2.20. The van der Waals surface area contributed by atoms with Gasteiger partial charge in [0.05, 0.1) is 0 Å². The first-order valence-corrected chi connectivity index (χ1v) is 6.66. The molecule has 0 spiro atoms. The van der Waals surface area contributed by atoms with Crippen LogP contribution in [0.25, 0.3) is 0 Å². The lowest BCUT2D eigenvalue weighted by molar-refractivity contribution is -0.145. The predicted octanol–water partition coefficient (Wildman–Crippen LogP) is 3.26. The highest BCUT2D eigenvalue weighted by Crippen LogP contribution is 2.15. The van der Waals surface area contributed by atoms with E-state index in [1.165, 1.54) is 12.5 Å². The second kappa shape index (κ2) is 7.34. The fourth-order valence-corrected chi connectivity index (χ4v) is 2.47. The van der Waals surface area contributed by atoms with E-state index in [0.717, 1.165) is 17.9 Å². The van der Waals surface area contributed by atoms with E-state index in [0.29, 0.717) is 0 Å². The number of benzene rings is 1. The molecule has 0 radical (unpaired) electrons. The van der Waals surface area contributed by atoms with Crippen molar-refractivity contribution in [3.63, 3.8) is 0 Å². The Morgan fingerprint density at radius 2 is 2.06 bits per heavy atom. The number of rotatable bonds is 6. The molecule has 1 atom stereocenters. The summed E-state index contributed by atoms with van der Waals surface area (Å²) < 4.78 is 5.18. The molecule has 0 amide bonds. The van der Waals surface area contributed by atoms with Crippen LogP contribution in [0.2, 0.25) is 0 Å². The first-order chi connectivity index (χ1) is 7.72. The van der Waals surface area contributed by atoms with Gasteiger partial charge in [-0.25, -0.2) is 0 Å². The van der Waals surface area contributed by atoms with E-state index >= 15 is 0 Å². The maximum Gasteiger partial charge on any atom is 0.302 e. The maximum atomic E-state index is 10.8. The first kappa shape index (κ1) is 13.1. The summed E-state index contributed by atoms with van der Waals surface area (Å²) in [5, 5.41) is 0. The van der Waals surface area contributed by atoms with Crippen LogP contribution in [0.5, 0.6) is 0 Å². The molecule has 0 aromatic heterocycles. The van der Waals surface area contributed by atoms with E-state index in [2.05, 4.69) is 12.1 Å². The third kappa shape index (κ3) is 5.21. The van der Waals surface area contributed by atoms with Crippen LogP contribution in [0.1, 0.15) is 25.8 Å². The van der Waals surface area contributed by atoms with Crippen LogP contribution in [0, 0.1) is 0 Å². The average molecular weight is 238 g/mol. The third-order valence-corrected chi connectivity index (χ3v) is 3.35. The molecule has 1 aromatic carbocycles. The van der Waals surface area contributed by atoms with Gasteiger partial charge < -0.3 is 4.74 Å². The Morgan fingerprint density at radius 1 is 1.38 bits per heavy atom. The van der Waals surface area contributed by atoms with Crippen molar-refractivity contribution in [1.82, 2.24) is 0 Å². The highest BCUT2D eigenvalue weighted by molar-refractivity contribution is 7.98. The second-order valence-corrected chi connectivity index (χ2v) is 4.67. The van der Waals surface area contributed by atoms with E-state index < -0.39 is 0 Å². The van der Waals surface area contributed by atoms with Gasteiger partial charge in [0.25, 0.3) is 0 Å². The molecule has 1 aromatic rings. The molecular weight excluding hydrogens is 220 g/mol. The standard InChI is InChI=1S/C13H18O2S/c1-3-13(15-11(2)14)10-16-9-12-7-5-4-6-8-12/h4-8,13H,3,9-10H2,1-2H3. The number of carbonyl (C=O) groups excluding carboxylic acids is 1. The molecule has 0 fully saturated rings. The average Bonchev–Trinajstić information content (AvgIpc) is 2.28. The predicted molar refractivity (Wildman–Crippen MR) is 68.4 cm³/mol. The van der Waals surface area contributed by atoms with Gasteiger partial charge in [-0.05, 0) is 12.0 Å². The first-order valence-electron chi connectivity index (χ1n) is 5.51. The Kier molecular flexibility index (Phi) is 6.01. The van der Waals surface area contributed by atoms with E-state index in [4.69, 9.17) is 4.74 Å². The Balaban J connectivity index is 2.26. The van der Waals surface area contributed by atoms with Crippen LogP contribution < -0.4 is 0 Å². The molecule has 0 saturated carbocycles. The van der Waals surface area contributed by atoms with Crippen molar-refractivity contribution in [3.05, 3.63) is 35.9 Å². The van der Waals surface area contributed by atoms with Crippen molar-refractivity contribution in [3.8, 4) is 0 Å². The van der Waals surface area contributed by atoms with E-state index in [1.54, 1.807) is 11.8 Å². The molecule has 0 heterocycles. The van der Waals surface area contributed by atoms with Gasteiger partial charge in [0.1, 0.15) is 6.10 Å². The molecule has 16 heavy (non-hydrogen) atoms. The largest absolute Gasteiger partial charge is 0.462 e. The normalized spacial score (nSPS) is 12.1. The van der Waals surface area contributed by atoms with Crippen LogP contribution in [-0.4, -0.2) is 17.8 Å². The van der Waals surface area contributed by atoms with Crippen molar-refractivity contribution >= 4 is 17.7 Å². The van der Waals surface area contributed by atoms with Gasteiger partial charge in [0, 0.05) is 18.4 Å². The summed E-state index contributed by atoms with van der Waals surface area (Å²) in [5.74, 6) is 1.65. The summed E-state index contributed by atoms with van der Waals surface area (Å²) in [6.07, 6.45) is 0.924. The zero-order chi connectivity index (χ0) is 11.8. The summed E-state index contributed by atoms with van der Waals surface area (Å²) in [7, 11) is 0.